The van der Waals surface area contributed by atoms with Gasteiger partial charge in [0.1, 0.15) is 11.5 Å². The highest BCUT2D eigenvalue weighted by Gasteiger charge is 2.28. The van der Waals surface area contributed by atoms with E-state index < -0.39 is 0 Å². The number of methoxy groups -OCH3 is 2. The Labute approximate surface area is 163 Å². The maximum atomic E-state index is 12.9. The van der Waals surface area contributed by atoms with Crippen LogP contribution in [0.1, 0.15) is 40.1 Å². The van der Waals surface area contributed by atoms with Crippen molar-refractivity contribution in [3.05, 3.63) is 64.8 Å². The molecular weight excluding hydrogens is 356 g/mol. The van der Waals surface area contributed by atoms with Crippen molar-refractivity contribution in [2.45, 2.75) is 25.8 Å². The van der Waals surface area contributed by atoms with E-state index in [0.29, 0.717) is 17.9 Å². The molecule has 3 aromatic rings. The Bertz CT molecular complexity index is 1030. The summed E-state index contributed by atoms with van der Waals surface area (Å²) in [4.78, 5) is 12.9. The number of aryl methyl sites for hydroxylation is 1. The highest BCUT2D eigenvalue weighted by Crippen LogP contribution is 2.37. The van der Waals surface area contributed by atoms with Gasteiger partial charge in [-0.25, -0.2) is 0 Å². The molecule has 0 radical (unpaired) electrons. The van der Waals surface area contributed by atoms with Gasteiger partial charge in [0.15, 0.2) is 11.5 Å². The third kappa shape index (κ3) is 3.22. The Morgan fingerprint density at radius 3 is 2.68 bits per heavy atom. The second-order valence-electron chi connectivity index (χ2n) is 6.83. The molecule has 0 spiro atoms. The van der Waals surface area contributed by atoms with E-state index in [4.69, 9.17) is 14.0 Å². The van der Waals surface area contributed by atoms with E-state index in [1.54, 1.807) is 14.2 Å². The molecule has 0 bridgehead atoms. The number of aromatic nitrogens is 1. The average Bonchev–Trinajstić information content (AvgIpc) is 3.18. The van der Waals surface area contributed by atoms with Gasteiger partial charge >= 0.3 is 0 Å². The van der Waals surface area contributed by atoms with Gasteiger partial charge < -0.3 is 19.3 Å². The minimum Gasteiger partial charge on any atom is -0.497 e. The quantitative estimate of drug-likeness (QED) is 0.728. The lowest BCUT2D eigenvalue weighted by molar-refractivity contribution is 0.0930. The molecule has 1 N–H and O–H groups in total. The van der Waals surface area contributed by atoms with E-state index in [1.165, 1.54) is 5.56 Å². The lowest BCUT2D eigenvalue weighted by atomic mass is 9.89. The molecule has 28 heavy (non-hydrogen) atoms. The van der Waals surface area contributed by atoms with Crippen molar-refractivity contribution in [3.8, 4) is 22.8 Å². The summed E-state index contributed by atoms with van der Waals surface area (Å²) < 4.78 is 16.1. The van der Waals surface area contributed by atoms with Gasteiger partial charge in [0.25, 0.3) is 5.91 Å². The molecule has 6 nitrogen and oxygen atoms in total. The molecule has 1 unspecified atom stereocenters. The van der Waals surface area contributed by atoms with E-state index in [2.05, 4.69) is 10.5 Å². The molecule has 1 atom stereocenters. The SMILES string of the molecule is COc1cccc(C(C)NC(=O)c2noc3c2CCc2ccc(OC)cc2-3)c1. The number of nitrogens with one attached hydrogen (secondary N) is 1. The van der Waals surface area contributed by atoms with Gasteiger partial charge in [-0.15, -0.1) is 0 Å². The molecule has 1 amide bonds. The first-order valence-corrected chi connectivity index (χ1v) is 9.21. The number of carbonyl (C=O) groups excluding carboxylic acids is 1. The topological polar surface area (TPSA) is 73.6 Å². The average molecular weight is 378 g/mol. The minimum atomic E-state index is -0.244. The second-order valence-corrected chi connectivity index (χ2v) is 6.83. The van der Waals surface area contributed by atoms with Crippen molar-refractivity contribution in [1.29, 1.82) is 0 Å². The molecule has 1 heterocycles. The van der Waals surface area contributed by atoms with Gasteiger partial charge in [0.2, 0.25) is 0 Å². The van der Waals surface area contributed by atoms with E-state index in [-0.39, 0.29) is 11.9 Å². The first-order chi connectivity index (χ1) is 13.6. The molecule has 1 aliphatic carbocycles. The lowest BCUT2D eigenvalue weighted by Gasteiger charge is -2.17. The standard InChI is InChI=1S/C22H22N2O4/c1-13(15-5-4-6-16(11-15)26-2)23-22(25)20-18-10-8-14-7-9-17(27-3)12-19(14)21(18)28-24-20/h4-7,9,11-13H,8,10H2,1-3H3,(H,23,25). The Hall–Kier alpha value is -3.28. The third-order valence-electron chi connectivity index (χ3n) is 5.15. The van der Waals surface area contributed by atoms with E-state index in [1.807, 2.05) is 49.4 Å². The second kappa shape index (κ2) is 7.38. The van der Waals surface area contributed by atoms with Crippen LogP contribution in [0.25, 0.3) is 11.3 Å². The highest BCUT2D eigenvalue weighted by atomic mass is 16.5. The molecule has 2 aromatic carbocycles. The predicted octanol–water partition coefficient (Wildman–Crippen LogP) is 3.95. The van der Waals surface area contributed by atoms with Gasteiger partial charge in [-0.05, 0) is 55.2 Å². The fraction of sp³-hybridized carbons (Fsp3) is 0.273. The van der Waals surface area contributed by atoms with Gasteiger partial charge in [-0.2, -0.15) is 0 Å². The summed E-state index contributed by atoms with van der Waals surface area (Å²) in [7, 11) is 3.25. The van der Waals surface area contributed by atoms with Crippen molar-refractivity contribution in [2.75, 3.05) is 14.2 Å². The van der Waals surface area contributed by atoms with Crippen LogP contribution < -0.4 is 14.8 Å². The Morgan fingerprint density at radius 1 is 1.11 bits per heavy atom. The predicted molar refractivity (Wildman–Crippen MR) is 105 cm³/mol. The number of amides is 1. The number of carbonyl (C=O) groups is 1. The van der Waals surface area contributed by atoms with Crippen molar-refractivity contribution < 1.29 is 18.8 Å². The molecule has 0 saturated heterocycles. The summed E-state index contributed by atoms with van der Waals surface area (Å²) in [5, 5.41) is 7.08. The number of hydrogen-bond donors (Lipinski definition) is 1. The fourth-order valence-corrected chi connectivity index (χ4v) is 3.56. The summed E-state index contributed by atoms with van der Waals surface area (Å²) in [6.07, 6.45) is 1.55. The Morgan fingerprint density at radius 2 is 1.89 bits per heavy atom. The maximum absolute atomic E-state index is 12.9. The molecule has 4 rings (SSSR count). The number of fused-ring (bicyclic) bond motifs is 3. The van der Waals surface area contributed by atoms with Crippen LogP contribution in [0.15, 0.2) is 47.0 Å². The number of ether oxygens (including phenoxy) is 2. The van der Waals surface area contributed by atoms with Gasteiger partial charge in [-0.3, -0.25) is 4.79 Å². The Kier molecular flexibility index (Phi) is 4.77. The largest absolute Gasteiger partial charge is 0.497 e. The first-order valence-electron chi connectivity index (χ1n) is 9.21. The number of rotatable bonds is 5. The Balaban J connectivity index is 1.59. The molecule has 1 aliphatic rings. The van der Waals surface area contributed by atoms with E-state index in [0.717, 1.165) is 34.6 Å². The zero-order valence-electron chi connectivity index (χ0n) is 16.1. The van der Waals surface area contributed by atoms with Crippen LogP contribution in [-0.4, -0.2) is 25.3 Å². The van der Waals surface area contributed by atoms with Crippen LogP contribution in [0.2, 0.25) is 0 Å². The van der Waals surface area contributed by atoms with Crippen molar-refractivity contribution in [2.24, 2.45) is 0 Å². The summed E-state index contributed by atoms with van der Waals surface area (Å²) in [6, 6.07) is 13.3. The third-order valence-corrected chi connectivity index (χ3v) is 5.15. The van der Waals surface area contributed by atoms with Crippen molar-refractivity contribution >= 4 is 5.91 Å². The fourth-order valence-electron chi connectivity index (χ4n) is 3.56. The molecule has 1 aromatic heterocycles. The number of benzene rings is 2. The smallest absolute Gasteiger partial charge is 0.274 e. The first kappa shape index (κ1) is 18.1. The van der Waals surface area contributed by atoms with E-state index in [9.17, 15) is 4.79 Å². The number of nitrogens with zero attached hydrogens (tertiary/aromatic N) is 1. The number of hydrogen-bond acceptors (Lipinski definition) is 5. The van der Waals surface area contributed by atoms with Crippen LogP contribution in [0, 0.1) is 0 Å². The van der Waals surface area contributed by atoms with Crippen molar-refractivity contribution in [1.82, 2.24) is 10.5 Å². The van der Waals surface area contributed by atoms with E-state index >= 15 is 0 Å². The molecule has 144 valence electrons. The van der Waals surface area contributed by atoms with Crippen molar-refractivity contribution in [3.63, 3.8) is 0 Å². The van der Waals surface area contributed by atoms with Crippen LogP contribution in [0.4, 0.5) is 0 Å². The summed E-state index contributed by atoms with van der Waals surface area (Å²) >= 11 is 0. The summed E-state index contributed by atoms with van der Waals surface area (Å²) in [5.74, 6) is 1.91. The van der Waals surface area contributed by atoms with Crippen LogP contribution in [0.3, 0.4) is 0 Å². The maximum Gasteiger partial charge on any atom is 0.274 e. The van der Waals surface area contributed by atoms with Gasteiger partial charge in [0.05, 0.1) is 20.3 Å². The highest BCUT2D eigenvalue weighted by molar-refractivity contribution is 5.95. The van der Waals surface area contributed by atoms with Crippen LogP contribution in [0.5, 0.6) is 11.5 Å². The normalized spacial score (nSPS) is 13.2. The van der Waals surface area contributed by atoms with Gasteiger partial charge in [-0.1, -0.05) is 23.4 Å². The summed E-state index contributed by atoms with van der Waals surface area (Å²) in [5.41, 5.74) is 4.25. The van der Waals surface area contributed by atoms with Crippen LogP contribution in [-0.2, 0) is 12.8 Å². The minimum absolute atomic E-state index is 0.189. The molecule has 0 aliphatic heterocycles. The van der Waals surface area contributed by atoms with Crippen LogP contribution >= 0.6 is 0 Å². The molecule has 0 saturated carbocycles. The lowest BCUT2D eigenvalue weighted by Crippen LogP contribution is -2.28. The monoisotopic (exact) mass is 378 g/mol. The molecule has 0 fully saturated rings. The summed E-state index contributed by atoms with van der Waals surface area (Å²) in [6.45, 7) is 1.93. The zero-order valence-corrected chi connectivity index (χ0v) is 16.1. The van der Waals surface area contributed by atoms with Gasteiger partial charge in [0, 0.05) is 11.1 Å². The molecular formula is C22H22N2O4. The molecule has 6 heteroatoms. The zero-order chi connectivity index (χ0) is 19.7.